The molecule has 0 rings (SSSR count). The number of aliphatic carboxylic acids is 2. The molecule has 0 fully saturated rings. The lowest BCUT2D eigenvalue weighted by Crippen LogP contribution is -2.31. The van der Waals surface area contributed by atoms with Crippen LogP contribution in [0.5, 0.6) is 0 Å². The summed E-state index contributed by atoms with van der Waals surface area (Å²) < 4.78 is 28.7. The van der Waals surface area contributed by atoms with Gasteiger partial charge in [0.25, 0.3) is 10.1 Å². The smallest absolute Gasteiger partial charge is 0.325 e. The highest BCUT2D eigenvalue weighted by atomic mass is 32.2. The molecule has 0 aliphatic heterocycles. The van der Waals surface area contributed by atoms with E-state index < -0.39 is 33.7 Å². The van der Waals surface area contributed by atoms with Crippen LogP contribution in [-0.4, -0.2) is 46.9 Å². The minimum absolute atomic E-state index is 0.855. The van der Waals surface area contributed by atoms with Crippen LogP contribution in [0.1, 0.15) is 32.6 Å². The normalized spacial score (nSPS) is 12.2. The molecule has 108 valence electrons. The molecule has 0 bridgehead atoms. The number of unbranched alkanes of at least 4 members (excludes halogenated alkanes) is 2. The van der Waals surface area contributed by atoms with Crippen molar-refractivity contribution in [3.05, 3.63) is 0 Å². The zero-order chi connectivity index (χ0) is 14.8. The van der Waals surface area contributed by atoms with Gasteiger partial charge in [0.05, 0.1) is 6.42 Å². The van der Waals surface area contributed by atoms with Crippen molar-refractivity contribution in [1.82, 2.24) is 0 Å². The summed E-state index contributed by atoms with van der Waals surface area (Å²) in [6.07, 6.45) is 2.60. The van der Waals surface area contributed by atoms with E-state index in [1.807, 2.05) is 0 Å². The molecule has 5 N–H and O–H groups in total. The second-order valence-corrected chi connectivity index (χ2v) is 5.03. The predicted molar refractivity (Wildman–Crippen MR) is 63.8 cm³/mol. The van der Waals surface area contributed by atoms with E-state index in [0.717, 1.165) is 6.54 Å². The highest BCUT2D eigenvalue weighted by Crippen LogP contribution is 2.04. The van der Waals surface area contributed by atoms with Crippen LogP contribution in [0.15, 0.2) is 0 Å². The second-order valence-electron chi connectivity index (χ2n) is 3.44. The van der Waals surface area contributed by atoms with E-state index in [2.05, 4.69) is 6.92 Å². The molecule has 1 atom stereocenters. The summed E-state index contributed by atoms with van der Waals surface area (Å²) in [4.78, 5) is 20.0. The van der Waals surface area contributed by atoms with E-state index in [9.17, 15) is 18.0 Å². The molecule has 0 aromatic rings. The van der Waals surface area contributed by atoms with E-state index in [0.29, 0.717) is 0 Å². The molecule has 0 spiro atoms. The van der Waals surface area contributed by atoms with E-state index in [1.165, 1.54) is 19.3 Å². The summed E-state index contributed by atoms with van der Waals surface area (Å²) >= 11 is 0. The minimum Gasteiger partial charge on any atom is -0.481 e. The Labute approximate surface area is 106 Å². The lowest BCUT2D eigenvalue weighted by atomic mass is 10.3. The molecule has 0 saturated carbocycles. The van der Waals surface area contributed by atoms with Crippen LogP contribution in [0.3, 0.4) is 0 Å². The van der Waals surface area contributed by atoms with Gasteiger partial charge in [-0.2, -0.15) is 8.42 Å². The third kappa shape index (κ3) is 11.3. The Morgan fingerprint density at radius 3 is 1.83 bits per heavy atom. The fourth-order valence-electron chi connectivity index (χ4n) is 0.873. The molecule has 9 heteroatoms. The van der Waals surface area contributed by atoms with Crippen LogP contribution in [0, 0.1) is 0 Å². The zero-order valence-electron chi connectivity index (χ0n) is 10.1. The Morgan fingerprint density at radius 2 is 1.72 bits per heavy atom. The molecule has 0 saturated heterocycles. The van der Waals surface area contributed by atoms with Gasteiger partial charge in [0.2, 0.25) is 0 Å². The first-order chi connectivity index (χ1) is 8.16. The third-order valence-electron chi connectivity index (χ3n) is 1.80. The number of carbonyl (C=O) groups is 2. The molecule has 0 amide bonds. The fraction of sp³-hybridized carbons (Fsp3) is 0.778. The molecule has 0 radical (unpaired) electrons. The Balaban J connectivity index is 0. The van der Waals surface area contributed by atoms with Crippen molar-refractivity contribution < 1.29 is 32.8 Å². The summed E-state index contributed by atoms with van der Waals surface area (Å²) in [5.74, 6) is -3.50. The van der Waals surface area contributed by atoms with Gasteiger partial charge in [-0.15, -0.1) is 0 Å². The van der Waals surface area contributed by atoms with Crippen molar-refractivity contribution in [2.75, 3.05) is 6.54 Å². The lowest BCUT2D eigenvalue weighted by Gasteiger charge is -2.04. The van der Waals surface area contributed by atoms with Gasteiger partial charge < -0.3 is 15.9 Å². The van der Waals surface area contributed by atoms with Gasteiger partial charge in [-0.05, 0) is 13.0 Å². The summed E-state index contributed by atoms with van der Waals surface area (Å²) in [5.41, 5.74) is 5.21. The largest absolute Gasteiger partial charge is 0.481 e. The minimum atomic E-state index is -4.84. The molecule has 0 aliphatic rings. The number of hydrogen-bond donors (Lipinski definition) is 4. The van der Waals surface area contributed by atoms with Gasteiger partial charge in [-0.1, -0.05) is 19.8 Å². The van der Waals surface area contributed by atoms with Crippen molar-refractivity contribution in [2.45, 2.75) is 37.9 Å². The van der Waals surface area contributed by atoms with Crippen LogP contribution in [0.25, 0.3) is 0 Å². The molecular weight excluding hydrogens is 266 g/mol. The topological polar surface area (TPSA) is 155 Å². The van der Waals surface area contributed by atoms with Gasteiger partial charge >= 0.3 is 11.9 Å². The first-order valence-electron chi connectivity index (χ1n) is 5.27. The highest BCUT2D eigenvalue weighted by Gasteiger charge is 2.33. The van der Waals surface area contributed by atoms with Gasteiger partial charge in [0, 0.05) is 0 Å². The van der Waals surface area contributed by atoms with Gasteiger partial charge in [0.1, 0.15) is 0 Å². The zero-order valence-corrected chi connectivity index (χ0v) is 10.9. The third-order valence-corrected chi connectivity index (χ3v) is 2.89. The highest BCUT2D eigenvalue weighted by molar-refractivity contribution is 7.87. The molecule has 18 heavy (non-hydrogen) atoms. The predicted octanol–water partition coefficient (Wildman–Crippen LogP) is -0.0626. The van der Waals surface area contributed by atoms with Crippen molar-refractivity contribution in [3.63, 3.8) is 0 Å². The van der Waals surface area contributed by atoms with E-state index >= 15 is 0 Å². The van der Waals surface area contributed by atoms with Crippen LogP contribution < -0.4 is 5.73 Å². The van der Waals surface area contributed by atoms with Crippen molar-refractivity contribution in [1.29, 1.82) is 0 Å². The summed E-state index contributed by atoms with van der Waals surface area (Å²) in [6.45, 7) is 3.03. The van der Waals surface area contributed by atoms with Crippen LogP contribution in [0.2, 0.25) is 0 Å². The first kappa shape index (κ1) is 19.2. The molecule has 8 nitrogen and oxygen atoms in total. The molecular formula is C9H19NO7S. The summed E-state index contributed by atoms with van der Waals surface area (Å²) in [7, 11) is -4.84. The maximum atomic E-state index is 10.2. The number of nitrogens with two attached hydrogens (primary N) is 1. The quantitative estimate of drug-likeness (QED) is 0.374. The van der Waals surface area contributed by atoms with E-state index in [1.54, 1.807) is 0 Å². The molecule has 0 aromatic heterocycles. The van der Waals surface area contributed by atoms with Gasteiger partial charge in [-0.25, -0.2) is 0 Å². The van der Waals surface area contributed by atoms with E-state index in [-0.39, 0.29) is 0 Å². The number of hydrogen-bond acceptors (Lipinski definition) is 5. The van der Waals surface area contributed by atoms with Crippen LogP contribution >= 0.6 is 0 Å². The van der Waals surface area contributed by atoms with Crippen molar-refractivity contribution >= 4 is 22.1 Å². The van der Waals surface area contributed by atoms with Gasteiger partial charge in [0.15, 0.2) is 5.25 Å². The fourth-order valence-corrected chi connectivity index (χ4v) is 1.48. The molecule has 1 unspecified atom stereocenters. The van der Waals surface area contributed by atoms with Crippen LogP contribution in [-0.2, 0) is 19.7 Å². The Hall–Kier alpha value is -1.19. The Morgan fingerprint density at radius 1 is 1.22 bits per heavy atom. The SMILES string of the molecule is CCCCCN.O=C(O)CC(C(=O)O)S(=O)(=O)O. The lowest BCUT2D eigenvalue weighted by molar-refractivity contribution is -0.143. The first-order valence-corrected chi connectivity index (χ1v) is 6.78. The van der Waals surface area contributed by atoms with Gasteiger partial charge in [-0.3, -0.25) is 14.1 Å². The Bertz CT molecular complexity index is 348. The number of rotatable bonds is 7. The number of carboxylic acids is 2. The average Bonchev–Trinajstić information content (AvgIpc) is 2.21. The summed E-state index contributed by atoms with van der Waals surface area (Å²) in [5, 5.41) is 13.9. The maximum absolute atomic E-state index is 10.2. The molecule has 0 heterocycles. The Kier molecular flexibility index (Phi) is 10.4. The van der Waals surface area contributed by atoms with Crippen LogP contribution in [0.4, 0.5) is 0 Å². The number of carboxylic acid groups (broad SMARTS) is 2. The van der Waals surface area contributed by atoms with Crippen molar-refractivity contribution in [3.8, 4) is 0 Å². The van der Waals surface area contributed by atoms with Crippen molar-refractivity contribution in [2.24, 2.45) is 5.73 Å². The standard InChI is InChI=1S/C5H13N.C4H6O7S/c1-2-3-4-5-6;5-3(6)1-2(4(7)8)12(9,10)11/h2-6H2,1H3;2H,1H2,(H,5,6)(H,7,8)(H,9,10,11). The average molecular weight is 285 g/mol. The molecule has 0 aliphatic carbocycles. The summed E-state index contributed by atoms with van der Waals surface area (Å²) in [6, 6.07) is 0. The second kappa shape index (κ2) is 9.80. The monoisotopic (exact) mass is 285 g/mol. The van der Waals surface area contributed by atoms with E-state index in [4.69, 9.17) is 20.5 Å². The maximum Gasteiger partial charge on any atom is 0.325 e. The molecule has 0 aromatic carbocycles.